The average Bonchev–Trinajstić information content (AvgIpc) is 2.37. The first-order valence-electron chi connectivity index (χ1n) is 5.05. The van der Waals surface area contributed by atoms with E-state index < -0.39 is 0 Å². The maximum absolute atomic E-state index is 9.67. The van der Waals surface area contributed by atoms with Gasteiger partial charge in [-0.05, 0) is 24.4 Å². The van der Waals surface area contributed by atoms with Crippen LogP contribution in [0.5, 0.6) is 11.5 Å². The van der Waals surface area contributed by atoms with Gasteiger partial charge in [-0.1, -0.05) is 54.2 Å². The lowest BCUT2D eigenvalue weighted by atomic mass is 10.0. The summed E-state index contributed by atoms with van der Waals surface area (Å²) in [6, 6.07) is 12.7. The summed E-state index contributed by atoms with van der Waals surface area (Å²) in [5.41, 5.74) is 2.71. The van der Waals surface area contributed by atoms with E-state index >= 15 is 0 Å². The van der Waals surface area contributed by atoms with Crippen molar-refractivity contribution in [1.29, 1.82) is 0 Å². The van der Waals surface area contributed by atoms with Crippen LogP contribution in [-0.2, 0) is 0 Å². The molecule has 0 radical (unpaired) electrons. The van der Waals surface area contributed by atoms with E-state index in [-0.39, 0.29) is 11.5 Å². The molecule has 17 heavy (non-hydrogen) atoms. The van der Waals surface area contributed by atoms with Gasteiger partial charge in [0.05, 0.1) is 0 Å². The number of aromatic hydroxyl groups is 2. The molecule has 0 aliphatic heterocycles. The van der Waals surface area contributed by atoms with Gasteiger partial charge in [0.2, 0.25) is 0 Å². The first-order valence-corrected chi connectivity index (χ1v) is 5.63. The van der Waals surface area contributed by atoms with Crippen molar-refractivity contribution in [3.8, 4) is 22.6 Å². The zero-order chi connectivity index (χ0) is 12.8. The van der Waals surface area contributed by atoms with Crippen molar-refractivity contribution in [3.63, 3.8) is 0 Å². The number of aryl methyl sites for hydroxylation is 1. The van der Waals surface area contributed by atoms with Gasteiger partial charge in [0.15, 0.2) is 11.5 Å². The van der Waals surface area contributed by atoms with Gasteiger partial charge in [0.25, 0.3) is 0 Å². The van der Waals surface area contributed by atoms with Crippen molar-refractivity contribution in [2.24, 2.45) is 0 Å². The molecule has 0 aliphatic rings. The topological polar surface area (TPSA) is 40.5 Å². The standard InChI is InChI=1S/C13H12O2.CH2S/c1-9-5-7-10(8-6-9)11-3-2-4-12(14)13(11)15;1-2/h2-8,14-15H,1H3;1H2. The lowest BCUT2D eigenvalue weighted by Crippen LogP contribution is -1.80. The van der Waals surface area contributed by atoms with Crippen LogP contribution in [0.25, 0.3) is 11.1 Å². The van der Waals surface area contributed by atoms with Crippen molar-refractivity contribution < 1.29 is 10.2 Å². The summed E-state index contributed by atoms with van der Waals surface area (Å²) in [5, 5.41) is 19.0. The molecule has 0 heterocycles. The van der Waals surface area contributed by atoms with E-state index in [1.54, 1.807) is 12.1 Å². The highest BCUT2D eigenvalue weighted by Crippen LogP contribution is 2.35. The zero-order valence-electron chi connectivity index (χ0n) is 9.55. The number of hydrogen-bond donors (Lipinski definition) is 2. The van der Waals surface area contributed by atoms with E-state index in [9.17, 15) is 10.2 Å². The molecular formula is C14H14O2S. The number of para-hydroxylation sites is 1. The van der Waals surface area contributed by atoms with Crippen LogP contribution in [0.4, 0.5) is 0 Å². The molecule has 0 spiro atoms. The summed E-state index contributed by atoms with van der Waals surface area (Å²) in [5.74, 6) is 2.68. The molecule has 0 aromatic heterocycles. The van der Waals surface area contributed by atoms with Crippen LogP contribution in [0, 0.1) is 6.92 Å². The van der Waals surface area contributed by atoms with Crippen molar-refractivity contribution >= 4 is 18.1 Å². The second-order valence-corrected chi connectivity index (χ2v) is 3.54. The Morgan fingerprint density at radius 2 is 1.53 bits per heavy atom. The molecule has 0 atom stereocenters. The summed E-state index contributed by atoms with van der Waals surface area (Å²) in [6.45, 7) is 2.01. The van der Waals surface area contributed by atoms with Crippen LogP contribution in [0.1, 0.15) is 5.56 Å². The normalized spacial score (nSPS) is 9.24. The Hall–Kier alpha value is -1.87. The van der Waals surface area contributed by atoms with Crippen LogP contribution >= 0.6 is 12.2 Å². The maximum atomic E-state index is 9.67. The Balaban J connectivity index is 0.000000686. The molecule has 0 saturated carbocycles. The number of phenols is 2. The van der Waals surface area contributed by atoms with Crippen LogP contribution < -0.4 is 0 Å². The van der Waals surface area contributed by atoms with Gasteiger partial charge in [-0.3, -0.25) is 0 Å². The highest BCUT2D eigenvalue weighted by atomic mass is 32.1. The van der Waals surface area contributed by atoms with Gasteiger partial charge in [0.1, 0.15) is 0 Å². The molecule has 88 valence electrons. The zero-order valence-corrected chi connectivity index (χ0v) is 10.4. The van der Waals surface area contributed by atoms with Gasteiger partial charge in [-0.15, -0.1) is 0 Å². The molecule has 0 bridgehead atoms. The van der Waals surface area contributed by atoms with Crippen molar-refractivity contribution in [1.82, 2.24) is 0 Å². The second kappa shape index (κ2) is 6.01. The van der Waals surface area contributed by atoms with E-state index in [2.05, 4.69) is 18.1 Å². The quantitative estimate of drug-likeness (QED) is 0.595. The lowest BCUT2D eigenvalue weighted by Gasteiger charge is -2.06. The van der Waals surface area contributed by atoms with E-state index in [0.29, 0.717) is 5.56 Å². The van der Waals surface area contributed by atoms with Gasteiger partial charge in [-0.25, -0.2) is 0 Å². The van der Waals surface area contributed by atoms with E-state index in [4.69, 9.17) is 0 Å². The Bertz CT molecular complexity index is 492. The number of benzene rings is 2. The third-order valence-electron chi connectivity index (χ3n) is 2.38. The summed E-state index contributed by atoms with van der Waals surface area (Å²) in [6.07, 6.45) is 0. The van der Waals surface area contributed by atoms with Crippen molar-refractivity contribution in [2.45, 2.75) is 6.92 Å². The molecule has 3 heteroatoms. The molecule has 2 aromatic rings. The predicted molar refractivity (Wildman–Crippen MR) is 74.7 cm³/mol. The third-order valence-corrected chi connectivity index (χ3v) is 2.38. The van der Waals surface area contributed by atoms with Crippen LogP contribution in [0.2, 0.25) is 0 Å². The highest BCUT2D eigenvalue weighted by molar-refractivity contribution is 7.77. The van der Waals surface area contributed by atoms with Crippen molar-refractivity contribution in [2.75, 3.05) is 0 Å². The molecular weight excluding hydrogens is 232 g/mol. The van der Waals surface area contributed by atoms with E-state index in [1.165, 1.54) is 11.6 Å². The number of hydrogen-bond acceptors (Lipinski definition) is 3. The summed E-state index contributed by atoms with van der Waals surface area (Å²) >= 11 is 3.83. The Kier molecular flexibility index (Phi) is 4.67. The average molecular weight is 246 g/mol. The summed E-state index contributed by atoms with van der Waals surface area (Å²) in [7, 11) is 0. The van der Waals surface area contributed by atoms with Crippen LogP contribution in [0.15, 0.2) is 42.5 Å². The Labute approximate surface area is 106 Å². The first-order chi connectivity index (χ1) is 8.18. The fraction of sp³-hybridized carbons (Fsp3) is 0.0714. The van der Waals surface area contributed by atoms with E-state index in [0.717, 1.165) is 5.56 Å². The Morgan fingerprint density at radius 3 is 2.12 bits per heavy atom. The second-order valence-electron chi connectivity index (χ2n) is 3.54. The third kappa shape index (κ3) is 3.04. The first kappa shape index (κ1) is 13.2. The van der Waals surface area contributed by atoms with Gasteiger partial charge < -0.3 is 10.2 Å². The smallest absolute Gasteiger partial charge is 0.165 e. The maximum Gasteiger partial charge on any atom is 0.165 e. The molecule has 0 aliphatic carbocycles. The van der Waals surface area contributed by atoms with Gasteiger partial charge in [0, 0.05) is 5.56 Å². The van der Waals surface area contributed by atoms with Crippen LogP contribution in [0.3, 0.4) is 0 Å². The van der Waals surface area contributed by atoms with Crippen LogP contribution in [-0.4, -0.2) is 16.1 Å². The molecule has 2 rings (SSSR count). The molecule has 0 fully saturated rings. The molecule has 2 N–H and O–H groups in total. The fourth-order valence-electron chi connectivity index (χ4n) is 1.50. The fourth-order valence-corrected chi connectivity index (χ4v) is 1.50. The number of rotatable bonds is 1. The molecule has 0 saturated heterocycles. The minimum Gasteiger partial charge on any atom is -0.504 e. The summed E-state index contributed by atoms with van der Waals surface area (Å²) < 4.78 is 0. The minimum atomic E-state index is -0.0897. The largest absolute Gasteiger partial charge is 0.504 e. The predicted octanol–water partition coefficient (Wildman–Crippen LogP) is 3.69. The monoisotopic (exact) mass is 246 g/mol. The number of phenolic OH excluding ortho intramolecular Hbond substituents is 2. The Morgan fingerprint density at radius 1 is 0.941 bits per heavy atom. The van der Waals surface area contributed by atoms with Crippen molar-refractivity contribution in [3.05, 3.63) is 48.0 Å². The molecule has 2 nitrogen and oxygen atoms in total. The molecule has 0 unspecified atom stereocenters. The highest BCUT2D eigenvalue weighted by Gasteiger charge is 2.06. The minimum absolute atomic E-state index is 0.0682. The summed E-state index contributed by atoms with van der Waals surface area (Å²) in [4.78, 5) is 0. The SMILES string of the molecule is C=S.Cc1ccc(-c2cccc(O)c2O)cc1. The lowest BCUT2D eigenvalue weighted by molar-refractivity contribution is 0.405. The number of thiocarbonyl (C=S) groups is 1. The molecule has 2 aromatic carbocycles. The van der Waals surface area contributed by atoms with Gasteiger partial charge >= 0.3 is 0 Å². The van der Waals surface area contributed by atoms with E-state index in [1.807, 2.05) is 31.2 Å². The van der Waals surface area contributed by atoms with Gasteiger partial charge in [-0.2, -0.15) is 0 Å². The molecule has 0 amide bonds.